The van der Waals surface area contributed by atoms with Crippen molar-refractivity contribution in [3.05, 3.63) is 59.2 Å². The molecule has 1 aliphatic heterocycles. The van der Waals surface area contributed by atoms with E-state index < -0.39 is 0 Å². The number of carbonyl (C=O) groups is 1. The van der Waals surface area contributed by atoms with E-state index in [9.17, 15) is 4.79 Å². The molecule has 34 heavy (non-hydrogen) atoms. The molecule has 0 N–H and O–H groups in total. The molecule has 1 heterocycles. The zero-order valence-corrected chi connectivity index (χ0v) is 21.1. The van der Waals surface area contributed by atoms with Crippen molar-refractivity contribution in [1.29, 1.82) is 0 Å². The van der Waals surface area contributed by atoms with E-state index in [0.29, 0.717) is 24.5 Å². The molecule has 0 bridgehead atoms. The van der Waals surface area contributed by atoms with Crippen LogP contribution < -0.4 is 9.47 Å². The van der Waals surface area contributed by atoms with Crippen LogP contribution in [0.25, 0.3) is 0 Å². The van der Waals surface area contributed by atoms with Crippen molar-refractivity contribution in [3.63, 3.8) is 0 Å². The van der Waals surface area contributed by atoms with Gasteiger partial charge in [0.15, 0.2) is 11.5 Å². The molecule has 0 unspecified atom stereocenters. The minimum absolute atomic E-state index is 0.0234. The highest BCUT2D eigenvalue weighted by Gasteiger charge is 2.25. The van der Waals surface area contributed by atoms with Crippen molar-refractivity contribution >= 4 is 11.6 Å². The number of unbranched alkanes of at least 4 members (excludes halogenated alkanes) is 9. The molecule has 0 aromatic heterocycles. The van der Waals surface area contributed by atoms with Crippen LogP contribution in [-0.4, -0.2) is 37.4 Å². The number of rotatable bonds is 14. The molecule has 0 saturated carbocycles. The largest absolute Gasteiger partial charge is 0.493 e. The third-order valence-electron chi connectivity index (χ3n) is 6.49. The molecular weight excluding hydrogens is 424 g/mol. The van der Waals surface area contributed by atoms with E-state index in [-0.39, 0.29) is 5.91 Å². The second-order valence-corrected chi connectivity index (χ2v) is 9.05. The van der Waals surface area contributed by atoms with Gasteiger partial charge in [-0.1, -0.05) is 95.0 Å². The second kappa shape index (κ2) is 13.8. The standard InChI is InChI=1S/C29H40N2O3/c1-4-5-6-7-8-9-10-11-12-16-19-31-28(32)21-24-20-26(33-2)27(34-3)22-25(24)29(30-31)23-17-14-13-15-18-23/h13-15,17-18,20,22H,4-12,16,19,21H2,1-3H3. The Morgan fingerprint density at radius 3 is 2.03 bits per heavy atom. The lowest BCUT2D eigenvalue weighted by Gasteiger charge is -2.16. The van der Waals surface area contributed by atoms with Gasteiger partial charge in [-0.2, -0.15) is 5.10 Å². The Balaban J connectivity index is 1.68. The fourth-order valence-electron chi connectivity index (χ4n) is 4.51. The molecule has 0 saturated heterocycles. The van der Waals surface area contributed by atoms with Gasteiger partial charge in [0.05, 0.1) is 26.4 Å². The van der Waals surface area contributed by atoms with Crippen molar-refractivity contribution in [1.82, 2.24) is 5.01 Å². The number of benzene rings is 2. The maximum Gasteiger partial charge on any atom is 0.247 e. The summed E-state index contributed by atoms with van der Waals surface area (Å²) in [5.74, 6) is 1.29. The lowest BCUT2D eigenvalue weighted by Crippen LogP contribution is -2.28. The van der Waals surface area contributed by atoms with Gasteiger partial charge in [0.1, 0.15) is 0 Å². The van der Waals surface area contributed by atoms with Crippen LogP contribution in [0.15, 0.2) is 47.6 Å². The Bertz CT molecular complexity index is 940. The molecule has 1 amide bonds. The molecule has 5 heteroatoms. The molecular formula is C29H40N2O3. The summed E-state index contributed by atoms with van der Waals surface area (Å²) in [6.45, 7) is 2.90. The molecule has 184 valence electrons. The van der Waals surface area contributed by atoms with E-state index >= 15 is 0 Å². The molecule has 2 aromatic carbocycles. The predicted octanol–water partition coefficient (Wildman–Crippen LogP) is 6.76. The van der Waals surface area contributed by atoms with E-state index in [0.717, 1.165) is 35.2 Å². The number of carbonyl (C=O) groups excluding carboxylic acids is 1. The van der Waals surface area contributed by atoms with E-state index in [2.05, 4.69) is 6.92 Å². The van der Waals surface area contributed by atoms with E-state index in [4.69, 9.17) is 14.6 Å². The summed E-state index contributed by atoms with van der Waals surface area (Å²) in [4.78, 5) is 13.1. The molecule has 2 aromatic rings. The van der Waals surface area contributed by atoms with Gasteiger partial charge in [0.25, 0.3) is 0 Å². The zero-order valence-electron chi connectivity index (χ0n) is 21.1. The lowest BCUT2D eigenvalue weighted by atomic mass is 9.95. The number of ether oxygens (including phenoxy) is 2. The molecule has 3 rings (SSSR count). The number of methoxy groups -OCH3 is 2. The highest BCUT2D eigenvalue weighted by Crippen LogP contribution is 2.33. The van der Waals surface area contributed by atoms with Gasteiger partial charge in [0, 0.05) is 17.7 Å². The topological polar surface area (TPSA) is 51.1 Å². The van der Waals surface area contributed by atoms with E-state index in [1.165, 1.54) is 51.4 Å². The summed E-state index contributed by atoms with van der Waals surface area (Å²) < 4.78 is 11.0. The first-order chi connectivity index (χ1) is 16.7. The van der Waals surface area contributed by atoms with Crippen LogP contribution in [0.1, 0.15) is 87.8 Å². The predicted molar refractivity (Wildman–Crippen MR) is 139 cm³/mol. The van der Waals surface area contributed by atoms with Crippen LogP contribution in [0.2, 0.25) is 0 Å². The summed E-state index contributed by atoms with van der Waals surface area (Å²) in [6, 6.07) is 13.9. The third kappa shape index (κ3) is 7.09. The summed E-state index contributed by atoms with van der Waals surface area (Å²) in [7, 11) is 3.25. The molecule has 0 atom stereocenters. The van der Waals surface area contributed by atoms with Gasteiger partial charge in [0.2, 0.25) is 5.91 Å². The zero-order chi connectivity index (χ0) is 24.2. The minimum Gasteiger partial charge on any atom is -0.493 e. The van der Waals surface area contributed by atoms with Crippen LogP contribution in [-0.2, 0) is 11.2 Å². The number of hydrazone groups is 1. The summed E-state index contributed by atoms with van der Waals surface area (Å²) in [6.07, 6.45) is 13.0. The quantitative estimate of drug-likeness (QED) is 0.290. The lowest BCUT2D eigenvalue weighted by molar-refractivity contribution is -0.130. The number of hydrogen-bond donors (Lipinski definition) is 0. The first-order valence-corrected chi connectivity index (χ1v) is 12.9. The Kier molecular flexibility index (Phi) is 10.5. The molecule has 1 aliphatic rings. The van der Waals surface area contributed by atoms with Gasteiger partial charge in [-0.15, -0.1) is 0 Å². The first kappa shape index (κ1) is 25.8. The van der Waals surface area contributed by atoms with Crippen molar-refractivity contribution in [2.45, 2.75) is 77.6 Å². The number of fused-ring (bicyclic) bond motifs is 1. The molecule has 0 radical (unpaired) electrons. The van der Waals surface area contributed by atoms with E-state index in [1.807, 2.05) is 42.5 Å². The van der Waals surface area contributed by atoms with Crippen molar-refractivity contribution in [2.24, 2.45) is 5.10 Å². The number of nitrogens with zero attached hydrogens (tertiary/aromatic N) is 2. The Hall–Kier alpha value is -2.82. The highest BCUT2D eigenvalue weighted by atomic mass is 16.5. The molecule has 0 fully saturated rings. The van der Waals surface area contributed by atoms with Gasteiger partial charge in [-0.05, 0) is 24.1 Å². The minimum atomic E-state index is 0.0234. The SMILES string of the molecule is CCCCCCCCCCCCN1N=C(c2ccccc2)c2cc(OC)c(OC)cc2CC1=O. The van der Waals surface area contributed by atoms with Gasteiger partial charge in [-0.25, -0.2) is 5.01 Å². The van der Waals surface area contributed by atoms with Gasteiger partial charge >= 0.3 is 0 Å². The Morgan fingerprint density at radius 2 is 1.41 bits per heavy atom. The number of amides is 1. The van der Waals surface area contributed by atoms with Crippen LogP contribution in [0.5, 0.6) is 11.5 Å². The first-order valence-electron chi connectivity index (χ1n) is 12.9. The normalized spacial score (nSPS) is 13.3. The maximum atomic E-state index is 13.1. The average Bonchev–Trinajstić information content (AvgIpc) is 3.00. The highest BCUT2D eigenvalue weighted by molar-refractivity contribution is 6.15. The molecule has 5 nitrogen and oxygen atoms in total. The van der Waals surface area contributed by atoms with Crippen molar-refractivity contribution in [2.75, 3.05) is 20.8 Å². The Morgan fingerprint density at radius 1 is 0.824 bits per heavy atom. The smallest absolute Gasteiger partial charge is 0.247 e. The van der Waals surface area contributed by atoms with E-state index in [1.54, 1.807) is 19.2 Å². The number of hydrogen-bond acceptors (Lipinski definition) is 4. The maximum absolute atomic E-state index is 13.1. The third-order valence-corrected chi connectivity index (χ3v) is 6.49. The summed E-state index contributed by atoms with van der Waals surface area (Å²) >= 11 is 0. The summed E-state index contributed by atoms with van der Waals surface area (Å²) in [5, 5.41) is 6.55. The van der Waals surface area contributed by atoms with Crippen molar-refractivity contribution in [3.8, 4) is 11.5 Å². The van der Waals surface area contributed by atoms with Crippen LogP contribution in [0.3, 0.4) is 0 Å². The average molecular weight is 465 g/mol. The fourth-order valence-corrected chi connectivity index (χ4v) is 4.51. The molecule has 0 aliphatic carbocycles. The van der Waals surface area contributed by atoms with Gasteiger partial charge < -0.3 is 9.47 Å². The van der Waals surface area contributed by atoms with Crippen LogP contribution in [0.4, 0.5) is 0 Å². The van der Waals surface area contributed by atoms with Crippen molar-refractivity contribution < 1.29 is 14.3 Å². The second-order valence-electron chi connectivity index (χ2n) is 9.05. The monoisotopic (exact) mass is 464 g/mol. The van der Waals surface area contributed by atoms with Gasteiger partial charge in [-0.3, -0.25) is 4.79 Å². The summed E-state index contributed by atoms with van der Waals surface area (Å²) in [5.41, 5.74) is 3.62. The van der Waals surface area contributed by atoms with Crippen LogP contribution >= 0.6 is 0 Å². The fraction of sp³-hybridized carbons (Fsp3) is 0.517. The molecule has 0 spiro atoms. The Labute approximate surface area is 205 Å². The van der Waals surface area contributed by atoms with Crippen LogP contribution in [0, 0.1) is 0 Å².